The predicted octanol–water partition coefficient (Wildman–Crippen LogP) is 3.11. The molecule has 5 heteroatoms. The number of carbonyl (C=O) groups is 1. The SMILES string of the molecule is CCOC(=O)C1CCCc2sc(Cc3ccccn3)nc21. The second-order valence-corrected chi connectivity index (χ2v) is 6.28. The summed E-state index contributed by atoms with van der Waals surface area (Å²) < 4.78 is 5.18. The zero-order valence-electron chi connectivity index (χ0n) is 12.0. The summed E-state index contributed by atoms with van der Waals surface area (Å²) in [7, 11) is 0. The Hall–Kier alpha value is -1.75. The van der Waals surface area contributed by atoms with Gasteiger partial charge in [0.2, 0.25) is 0 Å². The minimum absolute atomic E-state index is 0.131. The molecule has 2 aromatic heterocycles. The zero-order valence-corrected chi connectivity index (χ0v) is 12.9. The standard InChI is InChI=1S/C16H18N2O2S/c1-2-20-16(19)12-7-5-8-13-15(12)18-14(21-13)10-11-6-3-4-9-17-11/h3-4,6,9,12H,2,5,7-8,10H2,1H3. The van der Waals surface area contributed by atoms with Gasteiger partial charge < -0.3 is 4.74 Å². The Kier molecular flexibility index (Phi) is 4.29. The number of pyridine rings is 1. The van der Waals surface area contributed by atoms with Gasteiger partial charge in [-0.05, 0) is 38.3 Å². The van der Waals surface area contributed by atoms with Gasteiger partial charge in [-0.3, -0.25) is 9.78 Å². The number of thiazole rings is 1. The minimum Gasteiger partial charge on any atom is -0.465 e. The summed E-state index contributed by atoms with van der Waals surface area (Å²) in [6.07, 6.45) is 5.42. The summed E-state index contributed by atoms with van der Waals surface area (Å²) in [5, 5.41) is 1.04. The van der Waals surface area contributed by atoms with E-state index in [-0.39, 0.29) is 11.9 Å². The first-order valence-electron chi connectivity index (χ1n) is 7.33. The summed E-state index contributed by atoms with van der Waals surface area (Å²) in [5.41, 5.74) is 1.95. The molecule has 0 saturated carbocycles. The van der Waals surface area contributed by atoms with Crippen LogP contribution in [0.4, 0.5) is 0 Å². The maximum Gasteiger partial charge on any atom is 0.315 e. The van der Waals surface area contributed by atoms with E-state index in [4.69, 9.17) is 9.72 Å². The van der Waals surface area contributed by atoms with Crippen molar-refractivity contribution in [2.24, 2.45) is 0 Å². The lowest BCUT2D eigenvalue weighted by Crippen LogP contribution is -2.20. The molecule has 1 aliphatic carbocycles. The molecule has 0 saturated heterocycles. The predicted molar refractivity (Wildman–Crippen MR) is 81.5 cm³/mol. The van der Waals surface area contributed by atoms with Gasteiger partial charge in [0.1, 0.15) is 5.92 Å². The van der Waals surface area contributed by atoms with Crippen LogP contribution in [0.1, 0.15) is 47.0 Å². The molecule has 1 atom stereocenters. The van der Waals surface area contributed by atoms with E-state index in [2.05, 4.69) is 4.98 Å². The van der Waals surface area contributed by atoms with Crippen molar-refractivity contribution >= 4 is 17.3 Å². The van der Waals surface area contributed by atoms with Crippen molar-refractivity contribution in [3.63, 3.8) is 0 Å². The van der Waals surface area contributed by atoms with Gasteiger partial charge in [0.05, 0.1) is 17.3 Å². The van der Waals surface area contributed by atoms with Gasteiger partial charge in [0, 0.05) is 23.2 Å². The van der Waals surface area contributed by atoms with E-state index in [1.165, 1.54) is 4.88 Å². The smallest absolute Gasteiger partial charge is 0.315 e. The molecule has 0 bridgehead atoms. The van der Waals surface area contributed by atoms with Crippen molar-refractivity contribution in [2.75, 3.05) is 6.61 Å². The Labute approximate surface area is 128 Å². The van der Waals surface area contributed by atoms with Crippen molar-refractivity contribution in [2.45, 2.75) is 38.5 Å². The third kappa shape index (κ3) is 3.13. The number of nitrogens with zero attached hydrogens (tertiary/aromatic N) is 2. The topological polar surface area (TPSA) is 52.1 Å². The first-order valence-corrected chi connectivity index (χ1v) is 8.14. The maximum absolute atomic E-state index is 12.1. The second-order valence-electron chi connectivity index (χ2n) is 5.11. The summed E-state index contributed by atoms with van der Waals surface area (Å²) >= 11 is 1.71. The molecule has 0 amide bonds. The summed E-state index contributed by atoms with van der Waals surface area (Å²) in [6.45, 7) is 2.27. The Bertz CT molecular complexity index is 624. The van der Waals surface area contributed by atoms with Crippen molar-refractivity contribution in [1.82, 2.24) is 9.97 Å². The lowest BCUT2D eigenvalue weighted by Gasteiger charge is -2.19. The van der Waals surface area contributed by atoms with Crippen LogP contribution in [-0.2, 0) is 22.4 Å². The molecule has 3 rings (SSSR count). The van der Waals surface area contributed by atoms with Crippen LogP contribution in [0.3, 0.4) is 0 Å². The fourth-order valence-electron chi connectivity index (χ4n) is 2.67. The largest absolute Gasteiger partial charge is 0.465 e. The molecule has 0 aromatic carbocycles. The van der Waals surface area contributed by atoms with Crippen LogP contribution < -0.4 is 0 Å². The third-order valence-electron chi connectivity index (χ3n) is 3.63. The van der Waals surface area contributed by atoms with Crippen LogP contribution in [0.5, 0.6) is 0 Å². The van der Waals surface area contributed by atoms with Crippen molar-refractivity contribution in [3.8, 4) is 0 Å². The number of fused-ring (bicyclic) bond motifs is 1. The first-order chi connectivity index (χ1) is 10.3. The summed E-state index contributed by atoms with van der Waals surface area (Å²) in [6, 6.07) is 5.90. The number of rotatable bonds is 4. The number of carbonyl (C=O) groups excluding carboxylic acids is 1. The van der Waals surface area contributed by atoms with Gasteiger partial charge in [-0.2, -0.15) is 0 Å². The third-order valence-corrected chi connectivity index (χ3v) is 4.76. The lowest BCUT2D eigenvalue weighted by molar-refractivity contribution is -0.145. The van der Waals surface area contributed by atoms with Gasteiger partial charge in [0.15, 0.2) is 0 Å². The van der Waals surface area contributed by atoms with E-state index >= 15 is 0 Å². The highest BCUT2D eigenvalue weighted by Gasteiger charge is 2.31. The molecule has 110 valence electrons. The fraction of sp³-hybridized carbons (Fsp3) is 0.438. The van der Waals surface area contributed by atoms with Crippen molar-refractivity contribution in [1.29, 1.82) is 0 Å². The van der Waals surface area contributed by atoms with Crippen molar-refractivity contribution in [3.05, 3.63) is 45.7 Å². The lowest BCUT2D eigenvalue weighted by atomic mass is 9.91. The normalized spacial score (nSPS) is 17.3. The number of aryl methyl sites for hydroxylation is 1. The van der Waals surface area contributed by atoms with Crippen LogP contribution in [-0.4, -0.2) is 22.5 Å². The van der Waals surface area contributed by atoms with Crippen LogP contribution in [0.25, 0.3) is 0 Å². The average molecular weight is 302 g/mol. The van der Waals surface area contributed by atoms with Crippen LogP contribution in [0.15, 0.2) is 24.4 Å². The van der Waals surface area contributed by atoms with E-state index < -0.39 is 0 Å². The highest BCUT2D eigenvalue weighted by atomic mass is 32.1. The number of hydrogen-bond acceptors (Lipinski definition) is 5. The molecule has 4 nitrogen and oxygen atoms in total. The Morgan fingerprint density at radius 1 is 1.48 bits per heavy atom. The van der Waals surface area contributed by atoms with Gasteiger partial charge in [-0.25, -0.2) is 4.98 Å². The minimum atomic E-state index is -0.178. The van der Waals surface area contributed by atoms with E-state index in [9.17, 15) is 4.79 Å². The second kappa shape index (κ2) is 6.35. The van der Waals surface area contributed by atoms with Gasteiger partial charge in [-0.1, -0.05) is 6.07 Å². The van der Waals surface area contributed by atoms with Crippen LogP contribution in [0, 0.1) is 0 Å². The zero-order chi connectivity index (χ0) is 14.7. The summed E-state index contributed by atoms with van der Waals surface area (Å²) in [5.74, 6) is -0.310. The van der Waals surface area contributed by atoms with Crippen LogP contribution in [0.2, 0.25) is 0 Å². The molecule has 0 N–H and O–H groups in total. The first kappa shape index (κ1) is 14.2. The number of esters is 1. The Morgan fingerprint density at radius 2 is 2.38 bits per heavy atom. The van der Waals surface area contributed by atoms with Gasteiger partial charge in [-0.15, -0.1) is 11.3 Å². The molecular formula is C16H18N2O2S. The van der Waals surface area contributed by atoms with E-state index in [0.29, 0.717) is 6.61 Å². The van der Waals surface area contributed by atoms with E-state index in [1.54, 1.807) is 17.5 Å². The number of hydrogen-bond donors (Lipinski definition) is 0. The molecule has 0 fully saturated rings. The fourth-order valence-corrected chi connectivity index (χ4v) is 3.86. The molecule has 0 aliphatic heterocycles. The molecule has 2 heterocycles. The van der Waals surface area contributed by atoms with E-state index in [1.807, 2.05) is 25.1 Å². The maximum atomic E-state index is 12.1. The van der Waals surface area contributed by atoms with E-state index in [0.717, 1.165) is 42.1 Å². The monoisotopic (exact) mass is 302 g/mol. The Morgan fingerprint density at radius 3 is 3.14 bits per heavy atom. The molecular weight excluding hydrogens is 284 g/mol. The number of aromatic nitrogens is 2. The molecule has 0 radical (unpaired) electrons. The average Bonchev–Trinajstić information content (AvgIpc) is 2.90. The Balaban J connectivity index is 1.82. The van der Waals surface area contributed by atoms with Crippen molar-refractivity contribution < 1.29 is 9.53 Å². The quantitative estimate of drug-likeness (QED) is 0.814. The van der Waals surface area contributed by atoms with Gasteiger partial charge in [0.25, 0.3) is 0 Å². The molecule has 1 aliphatic rings. The van der Waals surface area contributed by atoms with Crippen LogP contribution >= 0.6 is 11.3 Å². The highest BCUT2D eigenvalue weighted by Crippen LogP contribution is 2.36. The molecule has 0 spiro atoms. The number of ether oxygens (including phenoxy) is 1. The van der Waals surface area contributed by atoms with Gasteiger partial charge >= 0.3 is 5.97 Å². The molecule has 21 heavy (non-hydrogen) atoms. The molecule has 1 unspecified atom stereocenters. The summed E-state index contributed by atoms with van der Waals surface area (Å²) in [4.78, 5) is 22.3. The molecule has 2 aromatic rings. The highest BCUT2D eigenvalue weighted by molar-refractivity contribution is 7.11.